The Balaban J connectivity index is 1.49. The minimum absolute atomic E-state index is 0.793. The summed E-state index contributed by atoms with van der Waals surface area (Å²) in [5, 5.41) is 3.38. The quantitative estimate of drug-likeness (QED) is 0.858. The van der Waals surface area contributed by atoms with Crippen LogP contribution in [-0.2, 0) is 6.42 Å². The Morgan fingerprint density at radius 1 is 1.17 bits per heavy atom. The zero-order valence-corrected chi connectivity index (χ0v) is 14.8. The van der Waals surface area contributed by atoms with Crippen LogP contribution in [0.3, 0.4) is 0 Å². The lowest BCUT2D eigenvalue weighted by Gasteiger charge is -2.29. The second kappa shape index (κ2) is 6.73. The first-order chi connectivity index (χ1) is 11.3. The van der Waals surface area contributed by atoms with Crippen molar-refractivity contribution in [3.63, 3.8) is 0 Å². The molecule has 2 aromatic heterocycles. The molecule has 0 bridgehead atoms. The molecule has 0 aliphatic carbocycles. The van der Waals surface area contributed by atoms with Crippen LogP contribution in [0.4, 0.5) is 5.82 Å². The van der Waals surface area contributed by atoms with E-state index >= 15 is 0 Å². The van der Waals surface area contributed by atoms with Crippen LogP contribution < -0.4 is 4.90 Å². The maximum Gasteiger partial charge on any atom is 0.141 e. The van der Waals surface area contributed by atoms with Crippen LogP contribution in [0.1, 0.15) is 38.4 Å². The molecule has 2 aromatic rings. The third-order valence-corrected chi connectivity index (χ3v) is 6.02. The van der Waals surface area contributed by atoms with Crippen LogP contribution in [0, 0.1) is 5.92 Å². The van der Waals surface area contributed by atoms with Gasteiger partial charge < -0.3 is 9.80 Å². The number of aromatic nitrogens is 2. The molecule has 124 valence electrons. The normalized spacial score (nSPS) is 23.0. The van der Waals surface area contributed by atoms with E-state index in [1.54, 1.807) is 11.3 Å². The summed E-state index contributed by atoms with van der Waals surface area (Å²) in [5.74, 6) is 2.95. The van der Waals surface area contributed by atoms with Gasteiger partial charge in [-0.1, -0.05) is 13.3 Å². The lowest BCUT2D eigenvalue weighted by atomic mass is 10.1. The van der Waals surface area contributed by atoms with Gasteiger partial charge in [0.25, 0.3) is 0 Å². The molecule has 1 atom stereocenters. The number of hydrogen-bond acceptors (Lipinski definition) is 5. The highest BCUT2D eigenvalue weighted by atomic mass is 32.1. The zero-order valence-electron chi connectivity index (χ0n) is 14.0. The van der Waals surface area contributed by atoms with Crippen molar-refractivity contribution in [3.05, 3.63) is 17.3 Å². The minimum Gasteiger partial charge on any atom is -0.356 e. The largest absolute Gasteiger partial charge is 0.356 e. The molecule has 0 spiro atoms. The van der Waals surface area contributed by atoms with Crippen molar-refractivity contribution in [2.75, 3.05) is 37.6 Å². The molecule has 23 heavy (non-hydrogen) atoms. The number of nitrogens with zero attached hydrogens (tertiary/aromatic N) is 4. The Morgan fingerprint density at radius 3 is 2.87 bits per heavy atom. The van der Waals surface area contributed by atoms with Crippen molar-refractivity contribution >= 4 is 27.4 Å². The Labute approximate surface area is 142 Å². The van der Waals surface area contributed by atoms with Gasteiger partial charge in [0.05, 0.1) is 5.39 Å². The SMILES string of the molecule is CCc1nc(N2CCC(CN3CCCCC3)C2)c2ccsc2n1. The highest BCUT2D eigenvalue weighted by Gasteiger charge is 2.27. The molecule has 2 aliphatic rings. The summed E-state index contributed by atoms with van der Waals surface area (Å²) < 4.78 is 0. The highest BCUT2D eigenvalue weighted by Crippen LogP contribution is 2.31. The minimum atomic E-state index is 0.793. The number of hydrogen-bond donors (Lipinski definition) is 0. The van der Waals surface area contributed by atoms with Crippen molar-refractivity contribution in [2.45, 2.75) is 39.0 Å². The van der Waals surface area contributed by atoms with Crippen LogP contribution in [-0.4, -0.2) is 47.6 Å². The molecule has 0 N–H and O–H groups in total. The average Bonchev–Trinajstić information content (AvgIpc) is 3.24. The summed E-state index contributed by atoms with van der Waals surface area (Å²) >= 11 is 1.73. The van der Waals surface area contributed by atoms with Gasteiger partial charge in [0, 0.05) is 26.1 Å². The molecule has 2 aliphatic heterocycles. The number of likely N-dealkylation sites (tertiary alicyclic amines) is 1. The number of aryl methyl sites for hydroxylation is 1. The molecular formula is C18H26N4S. The number of piperidine rings is 1. The first-order valence-corrected chi connectivity index (χ1v) is 9.93. The molecule has 4 heterocycles. The van der Waals surface area contributed by atoms with Gasteiger partial charge in [0.15, 0.2) is 0 Å². The van der Waals surface area contributed by atoms with Crippen LogP contribution in [0.2, 0.25) is 0 Å². The van der Waals surface area contributed by atoms with Gasteiger partial charge in [-0.25, -0.2) is 9.97 Å². The van der Waals surface area contributed by atoms with Crippen molar-refractivity contribution in [1.29, 1.82) is 0 Å². The van der Waals surface area contributed by atoms with E-state index in [1.165, 1.54) is 56.5 Å². The molecule has 0 aromatic carbocycles. The third kappa shape index (κ3) is 3.22. The van der Waals surface area contributed by atoms with Gasteiger partial charge in [-0.15, -0.1) is 11.3 Å². The highest BCUT2D eigenvalue weighted by molar-refractivity contribution is 7.16. The van der Waals surface area contributed by atoms with Crippen molar-refractivity contribution < 1.29 is 0 Å². The Bertz CT molecular complexity index is 662. The van der Waals surface area contributed by atoms with E-state index in [2.05, 4.69) is 33.2 Å². The van der Waals surface area contributed by atoms with Crippen LogP contribution in [0.5, 0.6) is 0 Å². The average molecular weight is 331 g/mol. The van der Waals surface area contributed by atoms with Crippen molar-refractivity contribution in [3.8, 4) is 0 Å². The van der Waals surface area contributed by atoms with E-state index in [9.17, 15) is 0 Å². The molecule has 0 amide bonds. The molecular weight excluding hydrogens is 304 g/mol. The summed E-state index contributed by atoms with van der Waals surface area (Å²) in [6.45, 7) is 8.32. The van der Waals surface area contributed by atoms with E-state index in [0.717, 1.165) is 36.1 Å². The number of anilines is 1. The predicted octanol–water partition coefficient (Wildman–Crippen LogP) is 3.57. The molecule has 4 rings (SSSR count). The summed E-state index contributed by atoms with van der Waals surface area (Å²) in [7, 11) is 0. The summed E-state index contributed by atoms with van der Waals surface area (Å²) in [6.07, 6.45) is 6.40. The standard InChI is InChI=1S/C18H26N4S/c1-2-16-19-17(15-7-11-23-18(15)20-16)22-10-6-14(13-22)12-21-8-4-3-5-9-21/h7,11,14H,2-6,8-10,12-13H2,1H3. The summed E-state index contributed by atoms with van der Waals surface area (Å²) in [6, 6.07) is 2.19. The maximum absolute atomic E-state index is 4.86. The number of fused-ring (bicyclic) bond motifs is 1. The van der Waals surface area contributed by atoms with Gasteiger partial charge in [-0.05, 0) is 49.7 Å². The molecule has 2 fully saturated rings. The Morgan fingerprint density at radius 2 is 2.04 bits per heavy atom. The van der Waals surface area contributed by atoms with E-state index in [0.29, 0.717) is 0 Å². The second-order valence-corrected chi connectivity index (χ2v) is 7.81. The fourth-order valence-corrected chi connectivity index (χ4v) is 4.74. The number of rotatable bonds is 4. The first kappa shape index (κ1) is 15.3. The van der Waals surface area contributed by atoms with Crippen LogP contribution >= 0.6 is 11.3 Å². The smallest absolute Gasteiger partial charge is 0.141 e. The van der Waals surface area contributed by atoms with E-state index in [1.807, 2.05) is 0 Å². The van der Waals surface area contributed by atoms with E-state index in [4.69, 9.17) is 4.98 Å². The molecule has 2 saturated heterocycles. The predicted molar refractivity (Wildman–Crippen MR) is 97.4 cm³/mol. The van der Waals surface area contributed by atoms with Crippen molar-refractivity contribution in [2.24, 2.45) is 5.92 Å². The fraction of sp³-hybridized carbons (Fsp3) is 0.667. The molecule has 0 saturated carbocycles. The summed E-state index contributed by atoms with van der Waals surface area (Å²) in [5.41, 5.74) is 0. The van der Waals surface area contributed by atoms with E-state index in [-0.39, 0.29) is 0 Å². The summed E-state index contributed by atoms with van der Waals surface area (Å²) in [4.78, 5) is 15.9. The van der Waals surface area contributed by atoms with Crippen LogP contribution in [0.25, 0.3) is 10.2 Å². The second-order valence-electron chi connectivity index (χ2n) is 6.92. The molecule has 0 radical (unpaired) electrons. The van der Waals surface area contributed by atoms with Gasteiger partial charge in [0.1, 0.15) is 16.5 Å². The van der Waals surface area contributed by atoms with E-state index < -0.39 is 0 Å². The van der Waals surface area contributed by atoms with Gasteiger partial charge in [-0.3, -0.25) is 0 Å². The van der Waals surface area contributed by atoms with Gasteiger partial charge >= 0.3 is 0 Å². The molecule has 1 unspecified atom stereocenters. The topological polar surface area (TPSA) is 32.3 Å². The Kier molecular flexibility index (Phi) is 4.49. The molecule has 4 nitrogen and oxygen atoms in total. The monoisotopic (exact) mass is 330 g/mol. The first-order valence-electron chi connectivity index (χ1n) is 9.05. The fourth-order valence-electron chi connectivity index (χ4n) is 3.96. The number of thiophene rings is 1. The lowest BCUT2D eigenvalue weighted by molar-refractivity contribution is 0.201. The lowest BCUT2D eigenvalue weighted by Crippen LogP contribution is -2.35. The third-order valence-electron chi connectivity index (χ3n) is 5.22. The Hall–Kier alpha value is -1.20. The zero-order chi connectivity index (χ0) is 15.6. The van der Waals surface area contributed by atoms with Crippen LogP contribution in [0.15, 0.2) is 11.4 Å². The van der Waals surface area contributed by atoms with Crippen molar-refractivity contribution in [1.82, 2.24) is 14.9 Å². The van der Waals surface area contributed by atoms with Gasteiger partial charge in [0.2, 0.25) is 0 Å². The maximum atomic E-state index is 4.86. The van der Waals surface area contributed by atoms with Gasteiger partial charge in [-0.2, -0.15) is 0 Å². The molecule has 5 heteroatoms.